The molecule has 308 valence electrons. The Morgan fingerprint density at radius 3 is 0.909 bits per heavy atom. The number of para-hydroxylation sites is 6. The van der Waals surface area contributed by atoms with Crippen molar-refractivity contribution in [2.75, 3.05) is 0 Å². The molecule has 0 atom stereocenters. The number of hydrogen-bond donors (Lipinski definition) is 0. The molecule has 0 aliphatic carbocycles. The van der Waals surface area contributed by atoms with Gasteiger partial charge in [0.05, 0.1) is 43.3 Å². The molecule has 5 heteroatoms. The second kappa shape index (κ2) is 14.5. The number of aromatic nitrogens is 4. The molecule has 14 rings (SSSR count). The van der Waals surface area contributed by atoms with E-state index in [1.165, 1.54) is 75.7 Å². The summed E-state index contributed by atoms with van der Waals surface area (Å²) in [6, 6.07) is 83.7. The zero-order valence-electron chi connectivity index (χ0n) is 35.6. The number of thiazole rings is 1. The zero-order valence-corrected chi connectivity index (χ0v) is 36.5. The zero-order chi connectivity index (χ0) is 43.3. The minimum atomic E-state index is 0.997. The molecule has 0 saturated heterocycles. The van der Waals surface area contributed by atoms with Crippen LogP contribution in [0.1, 0.15) is 0 Å². The first-order valence-corrected chi connectivity index (χ1v) is 23.3. The molecular formula is C61H38N4S. The topological polar surface area (TPSA) is 27.7 Å². The molecule has 14 aromatic rings. The second-order valence-corrected chi connectivity index (χ2v) is 18.1. The van der Waals surface area contributed by atoms with Gasteiger partial charge in [0, 0.05) is 66.1 Å². The van der Waals surface area contributed by atoms with Crippen LogP contribution >= 0.6 is 11.3 Å². The van der Waals surface area contributed by atoms with Gasteiger partial charge in [-0.25, -0.2) is 4.98 Å². The maximum atomic E-state index is 5.52. The molecule has 0 saturated carbocycles. The van der Waals surface area contributed by atoms with Crippen molar-refractivity contribution in [3.8, 4) is 49.9 Å². The molecular weight excluding hydrogens is 821 g/mol. The number of fused-ring (bicyclic) bond motifs is 10. The molecule has 0 unspecified atom stereocenters. The van der Waals surface area contributed by atoms with Crippen molar-refractivity contribution in [1.82, 2.24) is 18.7 Å². The molecule has 0 radical (unpaired) electrons. The largest absolute Gasteiger partial charge is 0.309 e. The highest BCUT2D eigenvalue weighted by Gasteiger charge is 2.19. The van der Waals surface area contributed by atoms with Crippen molar-refractivity contribution >= 4 is 87.0 Å². The van der Waals surface area contributed by atoms with Crippen LogP contribution in [0.15, 0.2) is 231 Å². The fourth-order valence-electron chi connectivity index (χ4n) is 10.5. The lowest BCUT2D eigenvalue weighted by Crippen LogP contribution is -1.94. The van der Waals surface area contributed by atoms with Crippen LogP contribution in [0, 0.1) is 0 Å². The van der Waals surface area contributed by atoms with Crippen molar-refractivity contribution in [2.45, 2.75) is 0 Å². The van der Waals surface area contributed by atoms with Gasteiger partial charge in [0.1, 0.15) is 5.01 Å². The van der Waals surface area contributed by atoms with E-state index in [9.17, 15) is 0 Å². The van der Waals surface area contributed by atoms with E-state index in [4.69, 9.17) is 4.98 Å². The monoisotopic (exact) mass is 858 g/mol. The van der Waals surface area contributed by atoms with Crippen molar-refractivity contribution in [2.24, 2.45) is 0 Å². The molecule has 10 aromatic carbocycles. The Morgan fingerprint density at radius 2 is 0.561 bits per heavy atom. The van der Waals surface area contributed by atoms with Gasteiger partial charge in [-0.3, -0.25) is 0 Å². The number of hydrogen-bond acceptors (Lipinski definition) is 2. The minimum Gasteiger partial charge on any atom is -0.309 e. The third kappa shape index (κ3) is 5.54. The van der Waals surface area contributed by atoms with Crippen molar-refractivity contribution in [3.05, 3.63) is 231 Å². The Kier molecular flexibility index (Phi) is 8.12. The van der Waals surface area contributed by atoms with Gasteiger partial charge < -0.3 is 13.7 Å². The molecule has 0 aliphatic heterocycles. The predicted molar refractivity (Wildman–Crippen MR) is 279 cm³/mol. The standard InChI is InChI=1S/C61H38N4S/c1-7-19-53-47(13-1)48-14-2-8-20-54(48)63(53)42-31-25-39(26-32-42)45-37-38-46(40-27-33-43(34-28-40)64-55-21-9-3-15-49(55)50-16-4-10-22-56(50)64)60-59(45)62-61(66-60)41-29-35-44(36-30-41)65-57-23-11-5-17-51(57)52-18-6-12-24-58(52)65/h1-38H. The van der Waals surface area contributed by atoms with E-state index in [2.05, 4.69) is 244 Å². The van der Waals surface area contributed by atoms with Gasteiger partial charge in [0.25, 0.3) is 0 Å². The first-order valence-electron chi connectivity index (χ1n) is 22.5. The summed E-state index contributed by atoms with van der Waals surface area (Å²) in [7, 11) is 0. The summed E-state index contributed by atoms with van der Waals surface area (Å²) in [5.74, 6) is 0. The van der Waals surface area contributed by atoms with E-state index in [-0.39, 0.29) is 0 Å². The lowest BCUT2D eigenvalue weighted by atomic mass is 9.98. The Bertz CT molecular complexity index is 3850. The summed E-state index contributed by atoms with van der Waals surface area (Å²) in [5, 5.41) is 8.56. The van der Waals surface area contributed by atoms with E-state index >= 15 is 0 Å². The van der Waals surface area contributed by atoms with E-state index in [0.717, 1.165) is 49.8 Å². The van der Waals surface area contributed by atoms with Crippen molar-refractivity contribution in [3.63, 3.8) is 0 Å². The second-order valence-electron chi connectivity index (χ2n) is 17.1. The number of nitrogens with zero attached hydrogens (tertiary/aromatic N) is 4. The summed E-state index contributed by atoms with van der Waals surface area (Å²) in [6.07, 6.45) is 0. The Morgan fingerprint density at radius 1 is 0.273 bits per heavy atom. The van der Waals surface area contributed by atoms with Crippen LogP contribution in [0.3, 0.4) is 0 Å². The van der Waals surface area contributed by atoms with E-state index in [1.807, 2.05) is 0 Å². The van der Waals surface area contributed by atoms with Crippen LogP contribution in [-0.4, -0.2) is 18.7 Å². The fraction of sp³-hybridized carbons (Fsp3) is 0. The van der Waals surface area contributed by atoms with Crippen LogP contribution in [0.4, 0.5) is 0 Å². The van der Waals surface area contributed by atoms with Gasteiger partial charge in [-0.15, -0.1) is 11.3 Å². The van der Waals surface area contributed by atoms with Gasteiger partial charge in [-0.05, 0) is 96.1 Å². The Hall–Kier alpha value is -8.51. The quantitative estimate of drug-likeness (QED) is 0.164. The van der Waals surface area contributed by atoms with Crippen LogP contribution in [0.25, 0.3) is 126 Å². The minimum absolute atomic E-state index is 0.997. The van der Waals surface area contributed by atoms with Crippen LogP contribution < -0.4 is 0 Å². The molecule has 4 nitrogen and oxygen atoms in total. The molecule has 4 heterocycles. The molecule has 0 amide bonds. The highest BCUT2D eigenvalue weighted by Crippen LogP contribution is 2.43. The van der Waals surface area contributed by atoms with Gasteiger partial charge >= 0.3 is 0 Å². The molecule has 66 heavy (non-hydrogen) atoms. The van der Waals surface area contributed by atoms with Gasteiger partial charge in [-0.1, -0.05) is 146 Å². The van der Waals surface area contributed by atoms with E-state index in [1.54, 1.807) is 11.3 Å². The highest BCUT2D eigenvalue weighted by atomic mass is 32.1. The van der Waals surface area contributed by atoms with Gasteiger partial charge in [-0.2, -0.15) is 0 Å². The average molecular weight is 859 g/mol. The lowest BCUT2D eigenvalue weighted by Gasteiger charge is -2.12. The summed E-state index contributed by atoms with van der Waals surface area (Å²) in [4.78, 5) is 5.52. The highest BCUT2D eigenvalue weighted by molar-refractivity contribution is 7.22. The van der Waals surface area contributed by atoms with Crippen molar-refractivity contribution in [1.29, 1.82) is 0 Å². The molecule has 0 N–H and O–H groups in total. The van der Waals surface area contributed by atoms with E-state index < -0.39 is 0 Å². The van der Waals surface area contributed by atoms with Crippen LogP contribution in [0.5, 0.6) is 0 Å². The summed E-state index contributed by atoms with van der Waals surface area (Å²) in [5.41, 5.74) is 17.3. The molecule has 0 aliphatic rings. The first-order chi connectivity index (χ1) is 32.7. The molecule has 4 aromatic heterocycles. The molecule has 0 spiro atoms. The Labute approximate surface area is 384 Å². The van der Waals surface area contributed by atoms with E-state index in [0.29, 0.717) is 0 Å². The third-order valence-corrected chi connectivity index (χ3v) is 14.7. The smallest absolute Gasteiger partial charge is 0.124 e. The normalized spacial score (nSPS) is 11.9. The number of benzene rings is 10. The summed E-state index contributed by atoms with van der Waals surface area (Å²) >= 11 is 1.77. The van der Waals surface area contributed by atoms with Gasteiger partial charge in [0.2, 0.25) is 0 Å². The summed E-state index contributed by atoms with van der Waals surface area (Å²) in [6.45, 7) is 0. The fourth-order valence-corrected chi connectivity index (χ4v) is 11.7. The number of rotatable bonds is 6. The summed E-state index contributed by atoms with van der Waals surface area (Å²) < 4.78 is 8.30. The molecule has 0 bridgehead atoms. The molecule has 0 fully saturated rings. The third-order valence-electron chi connectivity index (χ3n) is 13.5. The van der Waals surface area contributed by atoms with Crippen molar-refractivity contribution < 1.29 is 0 Å². The predicted octanol–water partition coefficient (Wildman–Crippen LogP) is 16.6. The van der Waals surface area contributed by atoms with Crippen LogP contribution in [-0.2, 0) is 0 Å². The first kappa shape index (κ1) is 36.9. The maximum absolute atomic E-state index is 5.52. The SMILES string of the molecule is c1ccc2c(c1)c1ccccc1n2-c1ccc(-c2nc3c(-c4ccc(-n5c6ccccc6c6ccccc65)cc4)ccc(-c4ccc(-n5c6ccccc6c6ccccc65)cc4)c3s2)cc1. The van der Waals surface area contributed by atoms with Crippen LogP contribution in [0.2, 0.25) is 0 Å². The van der Waals surface area contributed by atoms with Gasteiger partial charge in [0.15, 0.2) is 0 Å². The average Bonchev–Trinajstić information content (AvgIpc) is 4.15. The maximum Gasteiger partial charge on any atom is 0.124 e. The lowest BCUT2D eigenvalue weighted by molar-refractivity contribution is 1.18. The Balaban J connectivity index is 0.900.